The lowest BCUT2D eigenvalue weighted by atomic mass is 9.79. The molecule has 0 bridgehead atoms. The molecule has 2 N–H and O–H groups in total. The standard InChI is InChI=1S/C19H30N4O2/c1-19(17(24)20-11-12-21-18(25)22(2)3)9-13-23(14-10-19)15-16-7-5-4-6-8-16/h4-8H,9-15H2,1-3H3,(H,20,24)(H,21,25). The molecule has 1 heterocycles. The van der Waals surface area contributed by atoms with E-state index in [2.05, 4.69) is 39.8 Å². The second-order valence-electron chi connectivity index (χ2n) is 7.20. The van der Waals surface area contributed by atoms with Crippen LogP contribution in [0.2, 0.25) is 0 Å². The minimum Gasteiger partial charge on any atom is -0.354 e. The van der Waals surface area contributed by atoms with Crippen molar-refractivity contribution in [3.63, 3.8) is 0 Å². The molecule has 0 saturated carbocycles. The summed E-state index contributed by atoms with van der Waals surface area (Å²) in [7, 11) is 3.39. The van der Waals surface area contributed by atoms with Gasteiger partial charge in [0.05, 0.1) is 0 Å². The maximum absolute atomic E-state index is 12.5. The predicted molar refractivity (Wildman–Crippen MR) is 99.2 cm³/mol. The van der Waals surface area contributed by atoms with Crippen molar-refractivity contribution in [1.82, 2.24) is 20.4 Å². The van der Waals surface area contributed by atoms with Crippen molar-refractivity contribution in [1.29, 1.82) is 0 Å². The summed E-state index contributed by atoms with van der Waals surface area (Å²) in [5.41, 5.74) is 0.992. The van der Waals surface area contributed by atoms with Crippen LogP contribution in [0.5, 0.6) is 0 Å². The molecule has 25 heavy (non-hydrogen) atoms. The van der Waals surface area contributed by atoms with E-state index in [4.69, 9.17) is 0 Å². The highest BCUT2D eigenvalue weighted by atomic mass is 16.2. The molecular formula is C19H30N4O2. The van der Waals surface area contributed by atoms with Gasteiger partial charge in [-0.2, -0.15) is 0 Å². The van der Waals surface area contributed by atoms with Gasteiger partial charge in [0.15, 0.2) is 0 Å². The van der Waals surface area contributed by atoms with E-state index >= 15 is 0 Å². The van der Waals surface area contributed by atoms with Crippen LogP contribution in [-0.2, 0) is 11.3 Å². The Kier molecular flexibility index (Phi) is 6.82. The smallest absolute Gasteiger partial charge is 0.316 e. The fourth-order valence-electron chi connectivity index (χ4n) is 2.99. The molecule has 6 heteroatoms. The lowest BCUT2D eigenvalue weighted by molar-refractivity contribution is -0.132. The molecule has 1 aromatic carbocycles. The molecule has 6 nitrogen and oxygen atoms in total. The molecule has 1 aliphatic rings. The van der Waals surface area contributed by atoms with E-state index < -0.39 is 0 Å². The molecule has 1 fully saturated rings. The fourth-order valence-corrected chi connectivity index (χ4v) is 2.99. The minimum atomic E-state index is -0.321. The molecular weight excluding hydrogens is 316 g/mol. The number of nitrogens with one attached hydrogen (secondary N) is 2. The van der Waals surface area contributed by atoms with E-state index in [1.807, 2.05) is 13.0 Å². The molecule has 0 aliphatic carbocycles. The second kappa shape index (κ2) is 8.85. The Morgan fingerprint density at radius 1 is 1.08 bits per heavy atom. The number of urea groups is 1. The molecule has 0 atom stereocenters. The van der Waals surface area contributed by atoms with Gasteiger partial charge in [-0.3, -0.25) is 9.69 Å². The first kappa shape index (κ1) is 19.2. The van der Waals surface area contributed by atoms with Gasteiger partial charge in [-0.1, -0.05) is 37.3 Å². The molecule has 138 valence electrons. The Labute approximate surface area is 150 Å². The first-order valence-electron chi connectivity index (χ1n) is 8.90. The van der Waals surface area contributed by atoms with Gasteiger partial charge in [0.25, 0.3) is 0 Å². The van der Waals surface area contributed by atoms with Crippen LogP contribution in [0.3, 0.4) is 0 Å². The zero-order valence-corrected chi connectivity index (χ0v) is 15.5. The largest absolute Gasteiger partial charge is 0.354 e. The van der Waals surface area contributed by atoms with Crippen molar-refractivity contribution >= 4 is 11.9 Å². The Morgan fingerprint density at radius 2 is 1.68 bits per heavy atom. The molecule has 3 amide bonds. The van der Waals surface area contributed by atoms with Gasteiger partial charge in [0, 0.05) is 39.1 Å². The van der Waals surface area contributed by atoms with E-state index in [-0.39, 0.29) is 17.4 Å². The SMILES string of the molecule is CN(C)C(=O)NCCNC(=O)C1(C)CCN(Cc2ccccc2)CC1. The van der Waals surface area contributed by atoms with E-state index in [1.54, 1.807) is 14.1 Å². The number of benzene rings is 1. The Hall–Kier alpha value is -2.08. The number of carbonyl (C=O) groups is 2. The van der Waals surface area contributed by atoms with Gasteiger partial charge < -0.3 is 15.5 Å². The van der Waals surface area contributed by atoms with Gasteiger partial charge >= 0.3 is 6.03 Å². The Balaban J connectivity index is 1.71. The number of rotatable bonds is 6. The number of piperidine rings is 1. The lowest BCUT2D eigenvalue weighted by Gasteiger charge is -2.38. The molecule has 0 unspecified atom stereocenters. The van der Waals surface area contributed by atoms with Gasteiger partial charge in [0.2, 0.25) is 5.91 Å². The summed E-state index contributed by atoms with van der Waals surface area (Å²) in [6.07, 6.45) is 1.71. The summed E-state index contributed by atoms with van der Waals surface area (Å²) in [5.74, 6) is 0.0889. The van der Waals surface area contributed by atoms with E-state index in [0.29, 0.717) is 13.1 Å². The maximum atomic E-state index is 12.5. The van der Waals surface area contributed by atoms with Crippen LogP contribution in [0.25, 0.3) is 0 Å². The van der Waals surface area contributed by atoms with Crippen molar-refractivity contribution in [3.8, 4) is 0 Å². The summed E-state index contributed by atoms with van der Waals surface area (Å²) in [4.78, 5) is 27.8. The number of nitrogens with zero attached hydrogens (tertiary/aromatic N) is 2. The highest BCUT2D eigenvalue weighted by Crippen LogP contribution is 2.31. The van der Waals surface area contributed by atoms with E-state index in [0.717, 1.165) is 32.5 Å². The molecule has 2 rings (SSSR count). The summed E-state index contributed by atoms with van der Waals surface area (Å²) in [6, 6.07) is 10.3. The van der Waals surface area contributed by atoms with E-state index in [1.165, 1.54) is 10.5 Å². The number of carbonyl (C=O) groups excluding carboxylic acids is 2. The van der Waals surface area contributed by atoms with Gasteiger partial charge in [-0.05, 0) is 31.5 Å². The second-order valence-corrected chi connectivity index (χ2v) is 7.20. The van der Waals surface area contributed by atoms with Gasteiger partial charge in [-0.25, -0.2) is 4.79 Å². The quantitative estimate of drug-likeness (QED) is 0.770. The molecule has 1 aliphatic heterocycles. The summed E-state index contributed by atoms with van der Waals surface area (Å²) in [6.45, 7) is 5.74. The van der Waals surface area contributed by atoms with Crippen molar-refractivity contribution in [2.45, 2.75) is 26.3 Å². The van der Waals surface area contributed by atoms with Crippen LogP contribution in [0.15, 0.2) is 30.3 Å². The van der Waals surface area contributed by atoms with Crippen LogP contribution in [0.1, 0.15) is 25.3 Å². The molecule has 1 aromatic rings. The Morgan fingerprint density at radius 3 is 2.28 bits per heavy atom. The highest BCUT2D eigenvalue weighted by molar-refractivity contribution is 5.82. The average molecular weight is 346 g/mol. The third-order valence-corrected chi connectivity index (χ3v) is 4.85. The topological polar surface area (TPSA) is 64.7 Å². The maximum Gasteiger partial charge on any atom is 0.316 e. The molecule has 0 spiro atoms. The molecule has 0 aromatic heterocycles. The zero-order valence-electron chi connectivity index (χ0n) is 15.5. The third kappa shape index (κ3) is 5.74. The van der Waals surface area contributed by atoms with Gasteiger partial charge in [-0.15, -0.1) is 0 Å². The van der Waals surface area contributed by atoms with Crippen LogP contribution < -0.4 is 10.6 Å². The predicted octanol–water partition coefficient (Wildman–Crippen LogP) is 1.68. The Bertz CT molecular complexity index is 566. The first-order valence-corrected chi connectivity index (χ1v) is 8.90. The zero-order chi connectivity index (χ0) is 18.3. The summed E-state index contributed by atoms with van der Waals surface area (Å²) in [5, 5.41) is 5.71. The first-order chi connectivity index (χ1) is 11.9. The molecule has 0 radical (unpaired) electrons. The van der Waals surface area contributed by atoms with Crippen LogP contribution in [-0.4, -0.2) is 62.0 Å². The number of likely N-dealkylation sites (tertiary alicyclic amines) is 1. The van der Waals surface area contributed by atoms with Crippen molar-refractivity contribution < 1.29 is 9.59 Å². The average Bonchev–Trinajstić information content (AvgIpc) is 2.61. The highest BCUT2D eigenvalue weighted by Gasteiger charge is 2.36. The number of hydrogen-bond donors (Lipinski definition) is 2. The molecule has 1 saturated heterocycles. The van der Waals surface area contributed by atoms with Crippen LogP contribution >= 0.6 is 0 Å². The minimum absolute atomic E-state index is 0.0889. The fraction of sp³-hybridized carbons (Fsp3) is 0.579. The van der Waals surface area contributed by atoms with Crippen molar-refractivity contribution in [2.24, 2.45) is 5.41 Å². The third-order valence-electron chi connectivity index (χ3n) is 4.85. The number of hydrogen-bond acceptors (Lipinski definition) is 3. The summed E-state index contributed by atoms with van der Waals surface area (Å²) >= 11 is 0. The monoisotopic (exact) mass is 346 g/mol. The van der Waals surface area contributed by atoms with Crippen LogP contribution in [0, 0.1) is 5.41 Å². The van der Waals surface area contributed by atoms with Crippen molar-refractivity contribution in [3.05, 3.63) is 35.9 Å². The van der Waals surface area contributed by atoms with Gasteiger partial charge in [0.1, 0.15) is 0 Å². The van der Waals surface area contributed by atoms with E-state index in [9.17, 15) is 9.59 Å². The lowest BCUT2D eigenvalue weighted by Crippen LogP contribution is -2.48. The summed E-state index contributed by atoms with van der Waals surface area (Å²) < 4.78 is 0. The van der Waals surface area contributed by atoms with Crippen LogP contribution in [0.4, 0.5) is 4.79 Å². The van der Waals surface area contributed by atoms with Crippen molar-refractivity contribution in [2.75, 3.05) is 40.3 Å². The number of amides is 3. The normalized spacial score (nSPS) is 16.9.